The van der Waals surface area contributed by atoms with E-state index in [1.165, 1.54) is 5.56 Å². The van der Waals surface area contributed by atoms with Gasteiger partial charge in [0, 0.05) is 13.5 Å². The number of nitrogens with one attached hydrogen (secondary N) is 1. The van der Waals surface area contributed by atoms with E-state index >= 15 is 0 Å². The number of carbonyl (C=O) groups excluding carboxylic acids is 1. The zero-order valence-corrected chi connectivity index (χ0v) is 14.9. The molecule has 2 aromatic rings. The number of rotatable bonds is 8. The van der Waals surface area contributed by atoms with Crippen LogP contribution in [0.4, 0.5) is 0 Å². The van der Waals surface area contributed by atoms with Gasteiger partial charge >= 0.3 is 0 Å². The molecule has 5 N–H and O–H groups in total. The lowest BCUT2D eigenvalue weighted by Crippen LogP contribution is -2.21. The predicted molar refractivity (Wildman–Crippen MR) is 106 cm³/mol. The lowest BCUT2D eigenvalue weighted by Gasteiger charge is -2.17. The molecular formula is C20H25N5O. The van der Waals surface area contributed by atoms with Crippen molar-refractivity contribution >= 4 is 18.3 Å². The van der Waals surface area contributed by atoms with Gasteiger partial charge in [0.25, 0.3) is 0 Å². The van der Waals surface area contributed by atoms with Crippen LogP contribution >= 0.6 is 0 Å². The van der Waals surface area contributed by atoms with Gasteiger partial charge in [-0.25, -0.2) is 0 Å². The van der Waals surface area contributed by atoms with E-state index in [9.17, 15) is 4.79 Å². The van der Waals surface area contributed by atoms with Crippen molar-refractivity contribution in [1.29, 1.82) is 0 Å². The molecule has 1 amide bonds. The fourth-order valence-electron chi connectivity index (χ4n) is 2.89. The van der Waals surface area contributed by atoms with Gasteiger partial charge in [-0.3, -0.25) is 4.79 Å². The SMILES string of the molecule is CNC(=O)CC(CCc1ccc(C=NN)cc1)c1cccc(C=NN)c1. The Morgan fingerprint density at radius 3 is 2.42 bits per heavy atom. The van der Waals surface area contributed by atoms with Gasteiger partial charge in [-0.15, -0.1) is 0 Å². The number of benzene rings is 2. The van der Waals surface area contributed by atoms with E-state index in [4.69, 9.17) is 11.7 Å². The number of hydrogen-bond donors (Lipinski definition) is 3. The van der Waals surface area contributed by atoms with Crippen LogP contribution in [0.3, 0.4) is 0 Å². The maximum atomic E-state index is 12.0. The molecule has 0 radical (unpaired) electrons. The second-order valence-electron chi connectivity index (χ2n) is 6.08. The van der Waals surface area contributed by atoms with E-state index in [-0.39, 0.29) is 11.8 Å². The largest absolute Gasteiger partial charge is 0.359 e. The molecule has 0 saturated carbocycles. The van der Waals surface area contributed by atoms with E-state index in [2.05, 4.69) is 27.7 Å². The first-order valence-electron chi connectivity index (χ1n) is 8.52. The molecule has 0 spiro atoms. The third kappa shape index (κ3) is 5.73. The first-order valence-corrected chi connectivity index (χ1v) is 8.52. The average molecular weight is 351 g/mol. The van der Waals surface area contributed by atoms with Crippen LogP contribution in [0.15, 0.2) is 58.7 Å². The molecule has 0 aromatic heterocycles. The van der Waals surface area contributed by atoms with E-state index in [1.54, 1.807) is 19.5 Å². The van der Waals surface area contributed by atoms with Gasteiger partial charge in [0.05, 0.1) is 12.4 Å². The minimum absolute atomic E-state index is 0.0300. The molecule has 0 aliphatic carbocycles. The van der Waals surface area contributed by atoms with E-state index < -0.39 is 0 Å². The van der Waals surface area contributed by atoms with Gasteiger partial charge in [0.2, 0.25) is 5.91 Å². The summed E-state index contributed by atoms with van der Waals surface area (Å²) >= 11 is 0. The number of carbonyl (C=O) groups is 1. The topological polar surface area (TPSA) is 106 Å². The highest BCUT2D eigenvalue weighted by Gasteiger charge is 2.16. The number of amides is 1. The van der Waals surface area contributed by atoms with Crippen molar-refractivity contribution in [3.05, 3.63) is 70.8 Å². The highest BCUT2D eigenvalue weighted by molar-refractivity contribution is 5.80. The molecule has 136 valence electrons. The van der Waals surface area contributed by atoms with Crippen molar-refractivity contribution in [2.24, 2.45) is 21.9 Å². The molecular weight excluding hydrogens is 326 g/mol. The molecule has 0 saturated heterocycles. The first-order chi connectivity index (χ1) is 12.7. The molecule has 0 fully saturated rings. The van der Waals surface area contributed by atoms with Crippen LogP contribution in [0.5, 0.6) is 0 Å². The molecule has 2 aromatic carbocycles. The quantitative estimate of drug-likeness (QED) is 0.385. The molecule has 26 heavy (non-hydrogen) atoms. The average Bonchev–Trinajstić information content (AvgIpc) is 2.67. The van der Waals surface area contributed by atoms with Gasteiger partial charge in [-0.1, -0.05) is 42.5 Å². The number of hydrogen-bond acceptors (Lipinski definition) is 5. The minimum Gasteiger partial charge on any atom is -0.359 e. The minimum atomic E-state index is 0.0300. The zero-order chi connectivity index (χ0) is 18.8. The standard InChI is InChI=1S/C20H25N5O/c1-23-20(26)12-19(18-4-2-3-17(11-18)14-25-22)10-9-15-5-7-16(8-6-15)13-24-21/h2-8,11,13-14,19H,9-10,12,21-22H2,1H3,(H,23,26). The maximum Gasteiger partial charge on any atom is 0.220 e. The Morgan fingerprint density at radius 1 is 1.08 bits per heavy atom. The highest BCUT2D eigenvalue weighted by atomic mass is 16.1. The molecule has 0 aliphatic heterocycles. The summed E-state index contributed by atoms with van der Waals surface area (Å²) in [5.41, 5.74) is 4.21. The summed E-state index contributed by atoms with van der Waals surface area (Å²) in [5.74, 6) is 10.6. The lowest BCUT2D eigenvalue weighted by atomic mass is 9.88. The van der Waals surface area contributed by atoms with Crippen molar-refractivity contribution in [2.45, 2.75) is 25.2 Å². The Labute approximate surface area is 154 Å². The molecule has 6 nitrogen and oxygen atoms in total. The van der Waals surface area contributed by atoms with Crippen LogP contribution in [0, 0.1) is 0 Å². The second-order valence-corrected chi connectivity index (χ2v) is 6.08. The molecule has 6 heteroatoms. The van der Waals surface area contributed by atoms with E-state index in [1.807, 2.05) is 36.4 Å². The summed E-state index contributed by atoms with van der Waals surface area (Å²) in [7, 11) is 1.66. The fraction of sp³-hybridized carbons (Fsp3) is 0.250. The Hall–Kier alpha value is -3.15. The molecule has 2 rings (SSSR count). The van der Waals surface area contributed by atoms with Crippen LogP contribution in [-0.2, 0) is 11.2 Å². The molecule has 0 aliphatic rings. The molecule has 1 unspecified atom stereocenters. The van der Waals surface area contributed by atoms with Crippen molar-refractivity contribution in [1.82, 2.24) is 5.32 Å². The summed E-state index contributed by atoms with van der Waals surface area (Å²) in [6, 6.07) is 16.1. The van der Waals surface area contributed by atoms with E-state index in [0.29, 0.717) is 6.42 Å². The summed E-state index contributed by atoms with van der Waals surface area (Å²) in [6.07, 6.45) is 5.40. The zero-order valence-electron chi connectivity index (χ0n) is 14.9. The summed E-state index contributed by atoms with van der Waals surface area (Å²) in [4.78, 5) is 12.0. The first kappa shape index (κ1) is 19.2. The Balaban J connectivity index is 2.14. The van der Waals surface area contributed by atoms with Crippen molar-refractivity contribution in [2.75, 3.05) is 7.05 Å². The normalized spacial score (nSPS) is 12.5. The number of nitrogens with zero attached hydrogens (tertiary/aromatic N) is 2. The fourth-order valence-corrected chi connectivity index (χ4v) is 2.89. The summed E-state index contributed by atoms with van der Waals surface area (Å²) in [6.45, 7) is 0. The monoisotopic (exact) mass is 351 g/mol. The van der Waals surface area contributed by atoms with Crippen LogP contribution in [0.1, 0.15) is 41.0 Å². The number of hydrazone groups is 2. The van der Waals surface area contributed by atoms with Crippen molar-refractivity contribution in [3.63, 3.8) is 0 Å². The molecule has 1 atom stereocenters. The smallest absolute Gasteiger partial charge is 0.220 e. The van der Waals surface area contributed by atoms with Gasteiger partial charge in [-0.2, -0.15) is 10.2 Å². The van der Waals surface area contributed by atoms with Crippen LogP contribution in [0.25, 0.3) is 0 Å². The molecule has 0 bridgehead atoms. The number of nitrogens with two attached hydrogens (primary N) is 2. The van der Waals surface area contributed by atoms with Gasteiger partial charge in [-0.05, 0) is 47.1 Å². The predicted octanol–water partition coefficient (Wildman–Crippen LogP) is 2.12. The van der Waals surface area contributed by atoms with Crippen LogP contribution in [-0.4, -0.2) is 25.4 Å². The Bertz CT molecular complexity index is 768. The molecule has 0 heterocycles. The third-order valence-corrected chi connectivity index (χ3v) is 4.30. The van der Waals surface area contributed by atoms with Crippen LogP contribution < -0.4 is 17.0 Å². The van der Waals surface area contributed by atoms with E-state index in [0.717, 1.165) is 29.5 Å². The van der Waals surface area contributed by atoms with Gasteiger partial charge in [0.1, 0.15) is 0 Å². The van der Waals surface area contributed by atoms with Gasteiger partial charge < -0.3 is 17.0 Å². The third-order valence-electron chi connectivity index (χ3n) is 4.30. The van der Waals surface area contributed by atoms with Gasteiger partial charge in [0.15, 0.2) is 0 Å². The second kappa shape index (κ2) is 9.98. The van der Waals surface area contributed by atoms with Crippen molar-refractivity contribution in [3.8, 4) is 0 Å². The summed E-state index contributed by atoms with van der Waals surface area (Å²) < 4.78 is 0. The van der Waals surface area contributed by atoms with Crippen molar-refractivity contribution < 1.29 is 4.79 Å². The number of aryl methyl sites for hydroxylation is 1. The lowest BCUT2D eigenvalue weighted by molar-refractivity contribution is -0.121. The Kier molecular flexibility index (Phi) is 7.36. The Morgan fingerprint density at radius 2 is 1.77 bits per heavy atom. The maximum absolute atomic E-state index is 12.0. The summed E-state index contributed by atoms with van der Waals surface area (Å²) in [5, 5.41) is 9.82. The van der Waals surface area contributed by atoms with Crippen LogP contribution in [0.2, 0.25) is 0 Å². The highest BCUT2D eigenvalue weighted by Crippen LogP contribution is 2.26.